The maximum Gasteiger partial charge on any atom is 0.261 e. The van der Waals surface area contributed by atoms with Gasteiger partial charge in [0.2, 0.25) is 0 Å². The van der Waals surface area contributed by atoms with Crippen LogP contribution in [0.4, 0.5) is 0 Å². The summed E-state index contributed by atoms with van der Waals surface area (Å²) in [7, 11) is 1.52. The quantitative estimate of drug-likeness (QED) is 0.765. The molecule has 0 aliphatic rings. The molecule has 0 aliphatic carbocycles. The Kier molecular flexibility index (Phi) is 6.42. The Bertz CT molecular complexity index is 776. The van der Waals surface area contributed by atoms with E-state index in [1.807, 2.05) is 18.2 Å². The van der Waals surface area contributed by atoms with Crippen molar-refractivity contribution in [2.75, 3.05) is 7.11 Å². The molecule has 1 N–H and O–H groups in total. The second-order valence-electron chi connectivity index (χ2n) is 5.49. The first-order valence-electron chi connectivity index (χ1n) is 7.79. The summed E-state index contributed by atoms with van der Waals surface area (Å²) in [6.45, 7) is 3.35. The lowest BCUT2D eigenvalue weighted by atomic mass is 10.1. The lowest BCUT2D eigenvalue weighted by Crippen LogP contribution is -2.36. The van der Waals surface area contributed by atoms with Gasteiger partial charge in [-0.3, -0.25) is 9.59 Å². The van der Waals surface area contributed by atoms with Crippen LogP contribution in [-0.4, -0.2) is 24.9 Å². The van der Waals surface area contributed by atoms with Crippen molar-refractivity contribution in [2.45, 2.75) is 26.5 Å². The average molecular weight is 362 g/mol. The highest BCUT2D eigenvalue weighted by Gasteiger charge is 2.18. The fourth-order valence-corrected chi connectivity index (χ4v) is 2.43. The first-order valence-corrected chi connectivity index (χ1v) is 8.17. The number of amides is 1. The standard InChI is InChI=1S/C19H20ClNO4/c1-12(22)16-9-8-15(24-3)10-18(16)25-13(2)19(23)21-11-14-6-4-5-7-17(14)20/h4-10,13H,11H2,1-3H3,(H,21,23). The minimum Gasteiger partial charge on any atom is -0.497 e. The Labute approximate surface area is 151 Å². The van der Waals surface area contributed by atoms with Crippen molar-refractivity contribution in [1.82, 2.24) is 5.32 Å². The van der Waals surface area contributed by atoms with E-state index in [1.54, 1.807) is 31.2 Å². The van der Waals surface area contributed by atoms with Crippen LogP contribution in [0.2, 0.25) is 5.02 Å². The molecule has 6 heteroatoms. The Morgan fingerprint density at radius 1 is 1.20 bits per heavy atom. The number of rotatable bonds is 7. The van der Waals surface area contributed by atoms with Gasteiger partial charge in [-0.2, -0.15) is 0 Å². The van der Waals surface area contributed by atoms with Crippen molar-refractivity contribution in [2.24, 2.45) is 0 Å². The molecule has 2 aromatic carbocycles. The second kappa shape index (κ2) is 8.53. The molecule has 0 spiro atoms. The SMILES string of the molecule is COc1ccc(C(C)=O)c(OC(C)C(=O)NCc2ccccc2Cl)c1. The number of halogens is 1. The molecule has 0 bridgehead atoms. The highest BCUT2D eigenvalue weighted by atomic mass is 35.5. The molecule has 2 aromatic rings. The van der Waals surface area contributed by atoms with Crippen LogP contribution >= 0.6 is 11.6 Å². The summed E-state index contributed by atoms with van der Waals surface area (Å²) in [6.07, 6.45) is -0.785. The van der Waals surface area contributed by atoms with E-state index in [1.165, 1.54) is 14.0 Å². The zero-order valence-corrected chi connectivity index (χ0v) is 15.1. The Hall–Kier alpha value is -2.53. The molecule has 1 unspecified atom stereocenters. The molecule has 0 saturated heterocycles. The number of nitrogens with one attached hydrogen (secondary N) is 1. The first-order chi connectivity index (χ1) is 11.9. The van der Waals surface area contributed by atoms with Crippen LogP contribution in [0, 0.1) is 0 Å². The van der Waals surface area contributed by atoms with Gasteiger partial charge in [-0.05, 0) is 37.6 Å². The molecule has 0 saturated carbocycles. The number of hydrogen-bond donors (Lipinski definition) is 1. The minimum atomic E-state index is -0.785. The van der Waals surface area contributed by atoms with Gasteiger partial charge in [-0.1, -0.05) is 29.8 Å². The zero-order chi connectivity index (χ0) is 18.4. The summed E-state index contributed by atoms with van der Waals surface area (Å²) in [4.78, 5) is 24.0. The van der Waals surface area contributed by atoms with Crippen LogP contribution in [0.3, 0.4) is 0 Å². The summed E-state index contributed by atoms with van der Waals surface area (Å²) in [5.41, 5.74) is 1.21. The third kappa shape index (κ3) is 4.97. The van der Waals surface area contributed by atoms with E-state index in [4.69, 9.17) is 21.1 Å². The molecule has 1 amide bonds. The number of ether oxygens (including phenoxy) is 2. The molecule has 0 fully saturated rings. The monoisotopic (exact) mass is 361 g/mol. The number of hydrogen-bond acceptors (Lipinski definition) is 4. The number of carbonyl (C=O) groups is 2. The highest BCUT2D eigenvalue weighted by molar-refractivity contribution is 6.31. The van der Waals surface area contributed by atoms with E-state index in [-0.39, 0.29) is 11.7 Å². The van der Waals surface area contributed by atoms with Gasteiger partial charge >= 0.3 is 0 Å². The lowest BCUT2D eigenvalue weighted by Gasteiger charge is -2.17. The molecular formula is C19H20ClNO4. The second-order valence-corrected chi connectivity index (χ2v) is 5.89. The van der Waals surface area contributed by atoms with Gasteiger partial charge in [0.15, 0.2) is 11.9 Å². The van der Waals surface area contributed by atoms with E-state index in [0.29, 0.717) is 28.6 Å². The van der Waals surface area contributed by atoms with E-state index >= 15 is 0 Å². The number of methoxy groups -OCH3 is 1. The maximum absolute atomic E-state index is 12.3. The van der Waals surface area contributed by atoms with Crippen LogP contribution in [-0.2, 0) is 11.3 Å². The minimum absolute atomic E-state index is 0.152. The summed E-state index contributed by atoms with van der Waals surface area (Å²) < 4.78 is 10.8. The summed E-state index contributed by atoms with van der Waals surface area (Å²) in [6, 6.07) is 12.2. The Morgan fingerprint density at radius 3 is 2.56 bits per heavy atom. The van der Waals surface area contributed by atoms with Gasteiger partial charge in [0, 0.05) is 17.6 Å². The molecule has 0 radical (unpaired) electrons. The molecule has 2 rings (SSSR count). The van der Waals surface area contributed by atoms with Gasteiger partial charge in [-0.25, -0.2) is 0 Å². The van der Waals surface area contributed by atoms with Crippen LogP contribution in [0.15, 0.2) is 42.5 Å². The molecule has 0 aromatic heterocycles. The number of Topliss-reactive ketones (excluding diaryl/α,β-unsaturated/α-hetero) is 1. The molecule has 0 aliphatic heterocycles. The summed E-state index contributed by atoms with van der Waals surface area (Å²) in [5, 5.41) is 3.36. The fourth-order valence-electron chi connectivity index (χ4n) is 2.23. The topological polar surface area (TPSA) is 64.6 Å². The van der Waals surface area contributed by atoms with Crippen LogP contribution in [0.25, 0.3) is 0 Å². The van der Waals surface area contributed by atoms with Gasteiger partial charge in [0.05, 0.1) is 12.7 Å². The predicted octanol–water partition coefficient (Wildman–Crippen LogP) is 3.63. The van der Waals surface area contributed by atoms with Crippen LogP contribution < -0.4 is 14.8 Å². The van der Waals surface area contributed by atoms with Gasteiger partial charge < -0.3 is 14.8 Å². The lowest BCUT2D eigenvalue weighted by molar-refractivity contribution is -0.127. The molecule has 0 heterocycles. The number of benzene rings is 2. The van der Waals surface area contributed by atoms with Crippen molar-refractivity contribution in [3.63, 3.8) is 0 Å². The van der Waals surface area contributed by atoms with Crippen molar-refractivity contribution in [3.05, 3.63) is 58.6 Å². The molecule has 5 nitrogen and oxygen atoms in total. The molecular weight excluding hydrogens is 342 g/mol. The van der Waals surface area contributed by atoms with Crippen molar-refractivity contribution < 1.29 is 19.1 Å². The third-order valence-corrected chi connectivity index (χ3v) is 4.02. The molecule has 1 atom stereocenters. The van der Waals surface area contributed by atoms with Gasteiger partial charge in [0.25, 0.3) is 5.91 Å². The van der Waals surface area contributed by atoms with E-state index < -0.39 is 6.10 Å². The zero-order valence-electron chi connectivity index (χ0n) is 14.3. The number of ketones is 1. The highest BCUT2D eigenvalue weighted by Crippen LogP contribution is 2.26. The Balaban J connectivity index is 2.06. The van der Waals surface area contributed by atoms with E-state index in [0.717, 1.165) is 5.56 Å². The smallest absolute Gasteiger partial charge is 0.261 e. The third-order valence-electron chi connectivity index (χ3n) is 3.65. The average Bonchev–Trinajstić information content (AvgIpc) is 2.60. The normalized spacial score (nSPS) is 11.5. The summed E-state index contributed by atoms with van der Waals surface area (Å²) >= 11 is 6.07. The van der Waals surface area contributed by atoms with Crippen LogP contribution in [0.1, 0.15) is 29.8 Å². The van der Waals surface area contributed by atoms with Crippen molar-refractivity contribution in [1.29, 1.82) is 0 Å². The van der Waals surface area contributed by atoms with Crippen molar-refractivity contribution in [3.8, 4) is 11.5 Å². The molecule has 132 valence electrons. The van der Waals surface area contributed by atoms with E-state index in [2.05, 4.69) is 5.32 Å². The van der Waals surface area contributed by atoms with Gasteiger partial charge in [0.1, 0.15) is 11.5 Å². The first kappa shape index (κ1) is 18.8. The maximum atomic E-state index is 12.3. The van der Waals surface area contributed by atoms with Gasteiger partial charge in [-0.15, -0.1) is 0 Å². The fraction of sp³-hybridized carbons (Fsp3) is 0.263. The Morgan fingerprint density at radius 2 is 1.92 bits per heavy atom. The largest absolute Gasteiger partial charge is 0.497 e. The predicted molar refractivity (Wildman–Crippen MR) is 96.4 cm³/mol. The van der Waals surface area contributed by atoms with E-state index in [9.17, 15) is 9.59 Å². The number of carbonyl (C=O) groups excluding carboxylic acids is 2. The van der Waals surface area contributed by atoms with Crippen molar-refractivity contribution >= 4 is 23.3 Å². The molecule has 25 heavy (non-hydrogen) atoms. The summed E-state index contributed by atoms with van der Waals surface area (Å²) in [5.74, 6) is 0.398. The van der Waals surface area contributed by atoms with Crippen LogP contribution in [0.5, 0.6) is 11.5 Å².